The number of anilines is 1. The lowest BCUT2D eigenvalue weighted by atomic mass is 10.2. The minimum absolute atomic E-state index is 0.00613. The largest absolute Gasteiger partial charge is 0.384 e. The van der Waals surface area contributed by atoms with Crippen LogP contribution in [0.2, 0.25) is 0 Å². The Morgan fingerprint density at radius 3 is 2.76 bits per heavy atom. The number of nitrogens with zero attached hydrogens (tertiary/aromatic N) is 2. The zero-order chi connectivity index (χ0) is 12.8. The molecule has 0 radical (unpaired) electrons. The van der Waals surface area contributed by atoms with Gasteiger partial charge in [-0.25, -0.2) is 4.39 Å². The van der Waals surface area contributed by atoms with Gasteiger partial charge in [-0.3, -0.25) is 4.79 Å². The Balaban J connectivity index is 2.51. The third-order valence-electron chi connectivity index (χ3n) is 2.26. The predicted octanol–water partition coefficient (Wildman–Crippen LogP) is 1.59. The maximum absolute atomic E-state index is 13.2. The molecule has 0 spiro atoms. The number of hydrogen-bond acceptors (Lipinski definition) is 3. The molecule has 0 aliphatic rings. The average Bonchev–Trinajstić information content (AvgIpc) is 2.29. The van der Waals surface area contributed by atoms with E-state index in [-0.39, 0.29) is 11.5 Å². The van der Waals surface area contributed by atoms with Crippen molar-refractivity contribution in [1.29, 1.82) is 5.26 Å². The summed E-state index contributed by atoms with van der Waals surface area (Å²) in [4.78, 5) is 12.8. The summed E-state index contributed by atoms with van der Waals surface area (Å²) in [6, 6.07) is 6.02. The third kappa shape index (κ3) is 3.76. The van der Waals surface area contributed by atoms with Gasteiger partial charge in [0.2, 0.25) is 5.91 Å². The molecule has 1 rings (SSSR count). The molecule has 17 heavy (non-hydrogen) atoms. The Kier molecular flexibility index (Phi) is 4.46. The van der Waals surface area contributed by atoms with Crippen molar-refractivity contribution in [3.8, 4) is 6.07 Å². The molecule has 0 atom stereocenters. The van der Waals surface area contributed by atoms with E-state index in [4.69, 9.17) is 5.26 Å². The molecule has 4 nitrogen and oxygen atoms in total. The number of halogens is 1. The Bertz CT molecular complexity index is 452. The fraction of sp³-hybridized carbons (Fsp3) is 0.333. The van der Waals surface area contributed by atoms with Crippen LogP contribution in [0.1, 0.15) is 12.0 Å². The van der Waals surface area contributed by atoms with E-state index in [0.717, 1.165) is 0 Å². The van der Waals surface area contributed by atoms with E-state index in [1.54, 1.807) is 26.2 Å². The minimum atomic E-state index is -0.559. The molecule has 0 saturated carbocycles. The van der Waals surface area contributed by atoms with E-state index in [0.29, 0.717) is 18.7 Å². The predicted molar refractivity (Wildman–Crippen MR) is 62.9 cm³/mol. The van der Waals surface area contributed by atoms with Crippen LogP contribution in [-0.4, -0.2) is 31.4 Å². The second kappa shape index (κ2) is 5.85. The molecule has 0 heterocycles. The summed E-state index contributed by atoms with van der Waals surface area (Å²) in [7, 11) is 3.37. The van der Waals surface area contributed by atoms with Crippen LogP contribution < -0.4 is 5.32 Å². The van der Waals surface area contributed by atoms with Gasteiger partial charge in [0.1, 0.15) is 11.9 Å². The highest BCUT2D eigenvalue weighted by atomic mass is 19.1. The Morgan fingerprint density at radius 1 is 1.53 bits per heavy atom. The van der Waals surface area contributed by atoms with Crippen LogP contribution in [0.15, 0.2) is 18.2 Å². The number of carbonyl (C=O) groups is 1. The van der Waals surface area contributed by atoms with Crippen LogP contribution in [0.25, 0.3) is 0 Å². The quantitative estimate of drug-likeness (QED) is 0.862. The van der Waals surface area contributed by atoms with Gasteiger partial charge >= 0.3 is 0 Å². The number of hydrogen-bond donors (Lipinski definition) is 1. The van der Waals surface area contributed by atoms with Crippen molar-refractivity contribution in [2.24, 2.45) is 0 Å². The van der Waals surface area contributed by atoms with Crippen LogP contribution in [0.3, 0.4) is 0 Å². The number of nitrogens with one attached hydrogen (secondary N) is 1. The van der Waals surface area contributed by atoms with Crippen LogP contribution in [0.4, 0.5) is 10.1 Å². The summed E-state index contributed by atoms with van der Waals surface area (Å²) in [6.45, 7) is 0.433. The maximum atomic E-state index is 13.2. The molecular formula is C12H14FN3O. The molecule has 5 heteroatoms. The lowest BCUT2D eigenvalue weighted by molar-refractivity contribution is -0.128. The van der Waals surface area contributed by atoms with Gasteiger partial charge in [0, 0.05) is 32.7 Å². The van der Waals surface area contributed by atoms with Gasteiger partial charge in [-0.15, -0.1) is 0 Å². The number of carbonyl (C=O) groups excluding carboxylic acids is 1. The zero-order valence-corrected chi connectivity index (χ0v) is 9.83. The summed E-state index contributed by atoms with van der Waals surface area (Å²) in [5, 5.41) is 11.5. The SMILES string of the molecule is CN(C)C(=O)CCNc1ccc(C#N)c(F)c1. The normalized spacial score (nSPS) is 9.53. The minimum Gasteiger partial charge on any atom is -0.384 e. The Labute approximate surface area is 99.7 Å². The molecular weight excluding hydrogens is 221 g/mol. The smallest absolute Gasteiger partial charge is 0.223 e. The summed E-state index contributed by atoms with van der Waals surface area (Å²) < 4.78 is 13.2. The number of benzene rings is 1. The lowest BCUT2D eigenvalue weighted by Gasteiger charge is -2.11. The highest BCUT2D eigenvalue weighted by Crippen LogP contribution is 2.13. The first kappa shape index (κ1) is 13.0. The molecule has 1 aromatic rings. The second-order valence-electron chi connectivity index (χ2n) is 3.77. The van der Waals surface area contributed by atoms with Crippen LogP contribution in [-0.2, 0) is 4.79 Å². The van der Waals surface area contributed by atoms with Crippen molar-refractivity contribution in [2.75, 3.05) is 26.0 Å². The first-order valence-corrected chi connectivity index (χ1v) is 5.18. The van der Waals surface area contributed by atoms with Gasteiger partial charge in [-0.2, -0.15) is 5.26 Å². The number of amides is 1. The highest BCUT2D eigenvalue weighted by molar-refractivity contribution is 5.76. The molecule has 0 saturated heterocycles. The van der Waals surface area contributed by atoms with Crippen molar-refractivity contribution >= 4 is 11.6 Å². The van der Waals surface area contributed by atoms with Gasteiger partial charge in [0.25, 0.3) is 0 Å². The van der Waals surface area contributed by atoms with Crippen molar-refractivity contribution in [1.82, 2.24) is 4.90 Å². The van der Waals surface area contributed by atoms with Crippen LogP contribution >= 0.6 is 0 Å². The maximum Gasteiger partial charge on any atom is 0.223 e. The second-order valence-corrected chi connectivity index (χ2v) is 3.77. The molecule has 0 unspecified atom stereocenters. The van der Waals surface area contributed by atoms with Gasteiger partial charge < -0.3 is 10.2 Å². The van der Waals surface area contributed by atoms with Gasteiger partial charge in [0.15, 0.2) is 0 Å². The van der Waals surface area contributed by atoms with Crippen molar-refractivity contribution < 1.29 is 9.18 Å². The van der Waals surface area contributed by atoms with Crippen molar-refractivity contribution in [3.05, 3.63) is 29.6 Å². The summed E-state index contributed by atoms with van der Waals surface area (Å²) in [6.07, 6.45) is 0.342. The third-order valence-corrected chi connectivity index (χ3v) is 2.26. The van der Waals surface area contributed by atoms with Gasteiger partial charge in [0.05, 0.1) is 5.56 Å². The zero-order valence-electron chi connectivity index (χ0n) is 9.83. The van der Waals surface area contributed by atoms with Crippen LogP contribution in [0.5, 0.6) is 0 Å². The molecule has 1 N–H and O–H groups in total. The van der Waals surface area contributed by atoms with E-state index in [2.05, 4.69) is 5.32 Å². The van der Waals surface area contributed by atoms with Crippen molar-refractivity contribution in [3.63, 3.8) is 0 Å². The fourth-order valence-corrected chi connectivity index (χ4v) is 1.25. The van der Waals surface area contributed by atoms with E-state index in [1.807, 2.05) is 0 Å². The van der Waals surface area contributed by atoms with E-state index < -0.39 is 5.82 Å². The topological polar surface area (TPSA) is 56.1 Å². The first-order chi connectivity index (χ1) is 8.04. The van der Waals surface area contributed by atoms with Gasteiger partial charge in [-0.1, -0.05) is 0 Å². The van der Waals surface area contributed by atoms with E-state index in [1.165, 1.54) is 17.0 Å². The fourth-order valence-electron chi connectivity index (χ4n) is 1.25. The Morgan fingerprint density at radius 2 is 2.24 bits per heavy atom. The molecule has 0 aromatic heterocycles. The summed E-state index contributed by atoms with van der Waals surface area (Å²) >= 11 is 0. The van der Waals surface area contributed by atoms with Gasteiger partial charge in [-0.05, 0) is 18.2 Å². The lowest BCUT2D eigenvalue weighted by Crippen LogP contribution is -2.23. The monoisotopic (exact) mass is 235 g/mol. The van der Waals surface area contributed by atoms with E-state index in [9.17, 15) is 9.18 Å². The summed E-state index contributed by atoms with van der Waals surface area (Å²) in [5.74, 6) is -0.553. The van der Waals surface area contributed by atoms with Crippen molar-refractivity contribution in [2.45, 2.75) is 6.42 Å². The number of rotatable bonds is 4. The molecule has 0 fully saturated rings. The Hall–Kier alpha value is -2.09. The molecule has 0 aliphatic carbocycles. The standard InChI is InChI=1S/C12H14FN3O/c1-16(2)12(17)5-6-15-10-4-3-9(8-14)11(13)7-10/h3-4,7,15H,5-6H2,1-2H3. The first-order valence-electron chi connectivity index (χ1n) is 5.18. The molecule has 90 valence electrons. The van der Waals surface area contributed by atoms with Crippen LogP contribution in [0, 0.1) is 17.1 Å². The molecule has 1 amide bonds. The summed E-state index contributed by atoms with van der Waals surface area (Å²) in [5.41, 5.74) is 0.577. The molecule has 0 bridgehead atoms. The molecule has 0 aliphatic heterocycles. The van der Waals surface area contributed by atoms with E-state index >= 15 is 0 Å². The highest BCUT2D eigenvalue weighted by Gasteiger charge is 2.05. The molecule has 1 aromatic carbocycles. The average molecular weight is 235 g/mol. The number of nitriles is 1.